The van der Waals surface area contributed by atoms with E-state index >= 15 is 0 Å². The van der Waals surface area contributed by atoms with E-state index in [1.54, 1.807) is 0 Å². The van der Waals surface area contributed by atoms with E-state index < -0.39 is 0 Å². The highest BCUT2D eigenvalue weighted by Gasteiger charge is 2.08. The maximum atomic E-state index is 10.9. The molecule has 0 radical (unpaired) electrons. The summed E-state index contributed by atoms with van der Waals surface area (Å²) in [7, 11) is 0. The summed E-state index contributed by atoms with van der Waals surface area (Å²) in [4.78, 5) is 10.9. The van der Waals surface area contributed by atoms with E-state index in [4.69, 9.17) is 23.2 Å². The molecule has 0 aromatic carbocycles. The van der Waals surface area contributed by atoms with Crippen molar-refractivity contribution in [2.75, 3.05) is 6.07 Å². The van der Waals surface area contributed by atoms with Gasteiger partial charge in [0.15, 0.2) is 6.07 Å². The number of hydrogen-bond donors (Lipinski definition) is 0. The molecule has 0 amide bonds. The van der Waals surface area contributed by atoms with E-state index in [-0.39, 0.29) is 17.4 Å². The number of halogens is 2. The van der Waals surface area contributed by atoms with Crippen LogP contribution < -0.4 is 0 Å². The quantitative estimate of drug-likeness (QED) is 0.492. The zero-order valence-electron chi connectivity index (χ0n) is 7.89. The molecule has 0 N–H and O–H groups in total. The van der Waals surface area contributed by atoms with Crippen LogP contribution in [0.1, 0.15) is 39.0 Å². The summed E-state index contributed by atoms with van der Waals surface area (Å²) in [6.07, 6.45) is 4.25. The van der Waals surface area contributed by atoms with E-state index in [2.05, 4.69) is 11.7 Å². The Bertz CT molecular complexity index is 140. The van der Waals surface area contributed by atoms with Crippen molar-refractivity contribution < 1.29 is 9.53 Å². The van der Waals surface area contributed by atoms with Crippen LogP contribution in [-0.4, -0.2) is 17.4 Å². The van der Waals surface area contributed by atoms with Gasteiger partial charge < -0.3 is 4.74 Å². The van der Waals surface area contributed by atoms with Gasteiger partial charge in [0.2, 0.25) is 0 Å². The first-order valence-corrected chi connectivity index (χ1v) is 5.53. The van der Waals surface area contributed by atoms with Crippen molar-refractivity contribution in [2.24, 2.45) is 0 Å². The third-order valence-corrected chi connectivity index (χ3v) is 2.29. The van der Waals surface area contributed by atoms with Crippen LogP contribution in [0.25, 0.3) is 0 Å². The van der Waals surface area contributed by atoms with Gasteiger partial charge in [0.25, 0.3) is 0 Å². The summed E-state index contributed by atoms with van der Waals surface area (Å²) in [5, 5.41) is 0.0859. The number of carbonyl (C=O) groups excluding carboxylic acids is 1. The molecule has 0 spiro atoms. The predicted octanol–water partition coefficient (Wildman–Crippen LogP) is 3.30. The highest BCUT2D eigenvalue weighted by atomic mass is 35.5. The molecule has 0 aliphatic carbocycles. The van der Waals surface area contributed by atoms with E-state index in [1.165, 1.54) is 0 Å². The lowest BCUT2D eigenvalue weighted by molar-refractivity contribution is -0.141. The first-order chi connectivity index (χ1) is 6.20. The Morgan fingerprint density at radius 3 is 2.69 bits per heavy atom. The van der Waals surface area contributed by atoms with Crippen LogP contribution in [0.5, 0.6) is 0 Å². The molecule has 0 heterocycles. The van der Waals surface area contributed by atoms with Gasteiger partial charge in [0, 0.05) is 11.8 Å². The average molecular weight is 227 g/mol. The van der Waals surface area contributed by atoms with Crippen LogP contribution in [0, 0.1) is 0 Å². The summed E-state index contributed by atoms with van der Waals surface area (Å²) in [5.41, 5.74) is 0. The van der Waals surface area contributed by atoms with E-state index in [9.17, 15) is 4.79 Å². The zero-order valence-corrected chi connectivity index (χ0v) is 9.40. The van der Waals surface area contributed by atoms with Crippen molar-refractivity contribution >= 4 is 29.2 Å². The minimum Gasteiger partial charge on any atom is -0.449 e. The topological polar surface area (TPSA) is 26.3 Å². The molecule has 78 valence electrons. The predicted molar refractivity (Wildman–Crippen MR) is 55.2 cm³/mol. The number of hydrogen-bond acceptors (Lipinski definition) is 2. The number of esters is 1. The summed E-state index contributed by atoms with van der Waals surface area (Å²) in [6.45, 7) is 2.12. The lowest BCUT2D eigenvalue weighted by Crippen LogP contribution is -2.07. The Kier molecular flexibility index (Phi) is 8.67. The first kappa shape index (κ1) is 13.1. The van der Waals surface area contributed by atoms with Gasteiger partial charge in [-0.15, -0.1) is 11.6 Å². The molecule has 0 bridgehead atoms. The van der Waals surface area contributed by atoms with Crippen molar-refractivity contribution in [3.05, 3.63) is 0 Å². The molecule has 0 aliphatic rings. The molecule has 0 aliphatic heterocycles. The Balaban J connectivity index is 3.34. The molecule has 13 heavy (non-hydrogen) atoms. The zero-order chi connectivity index (χ0) is 10.1. The van der Waals surface area contributed by atoms with Gasteiger partial charge >= 0.3 is 5.97 Å². The highest BCUT2D eigenvalue weighted by molar-refractivity contribution is 6.20. The molecule has 4 heteroatoms. The van der Waals surface area contributed by atoms with E-state index in [1.807, 2.05) is 0 Å². The Hall–Kier alpha value is 0.0500. The Morgan fingerprint density at radius 1 is 1.46 bits per heavy atom. The smallest absolute Gasteiger partial charge is 0.307 e. The van der Waals surface area contributed by atoms with Crippen molar-refractivity contribution in [2.45, 2.75) is 44.4 Å². The maximum absolute atomic E-state index is 10.9. The van der Waals surface area contributed by atoms with Gasteiger partial charge in [-0.05, 0) is 12.8 Å². The van der Waals surface area contributed by atoms with Crippen LogP contribution in [-0.2, 0) is 9.53 Å². The van der Waals surface area contributed by atoms with Crippen LogP contribution in [0.4, 0.5) is 0 Å². The summed E-state index contributed by atoms with van der Waals surface area (Å²) >= 11 is 11.2. The standard InChI is InChI=1S/C9H16Cl2O2/c1-2-3-4-8(11)5-6-9(12)13-7-10/h8H,2-7H2,1H3. The fraction of sp³-hybridized carbons (Fsp3) is 0.889. The molecular formula is C9H16Cl2O2. The largest absolute Gasteiger partial charge is 0.449 e. The molecule has 0 aromatic rings. The van der Waals surface area contributed by atoms with Gasteiger partial charge in [0.05, 0.1) is 0 Å². The van der Waals surface area contributed by atoms with Crippen LogP contribution in [0.3, 0.4) is 0 Å². The molecule has 0 saturated heterocycles. The fourth-order valence-corrected chi connectivity index (χ4v) is 1.36. The van der Waals surface area contributed by atoms with Crippen LogP contribution in [0.15, 0.2) is 0 Å². The Labute approximate surface area is 89.5 Å². The molecule has 0 aromatic heterocycles. The number of carbonyl (C=O) groups is 1. The third kappa shape index (κ3) is 8.38. The molecule has 0 saturated carbocycles. The molecule has 1 atom stereocenters. The number of ether oxygens (including phenoxy) is 1. The molecular weight excluding hydrogens is 211 g/mol. The number of rotatable bonds is 7. The number of unbranched alkanes of at least 4 members (excludes halogenated alkanes) is 1. The summed E-state index contributed by atoms with van der Waals surface area (Å²) < 4.78 is 4.56. The van der Waals surface area contributed by atoms with Crippen molar-refractivity contribution in [3.63, 3.8) is 0 Å². The summed E-state index contributed by atoms with van der Waals surface area (Å²) in [6, 6.07) is -0.0687. The van der Waals surface area contributed by atoms with Gasteiger partial charge in [-0.1, -0.05) is 31.4 Å². The van der Waals surface area contributed by atoms with E-state index in [0.29, 0.717) is 12.8 Å². The van der Waals surface area contributed by atoms with Crippen LogP contribution >= 0.6 is 23.2 Å². The monoisotopic (exact) mass is 226 g/mol. The fourth-order valence-electron chi connectivity index (χ4n) is 0.977. The average Bonchev–Trinajstić information content (AvgIpc) is 2.12. The number of alkyl halides is 2. The van der Waals surface area contributed by atoms with Crippen molar-refractivity contribution in [1.82, 2.24) is 0 Å². The van der Waals surface area contributed by atoms with Gasteiger partial charge in [-0.25, -0.2) is 0 Å². The maximum Gasteiger partial charge on any atom is 0.307 e. The molecule has 1 unspecified atom stereocenters. The van der Waals surface area contributed by atoms with Crippen molar-refractivity contribution in [1.29, 1.82) is 0 Å². The van der Waals surface area contributed by atoms with Crippen LogP contribution in [0.2, 0.25) is 0 Å². The second-order valence-corrected chi connectivity index (χ2v) is 3.74. The minimum atomic E-state index is -0.267. The van der Waals surface area contributed by atoms with Gasteiger partial charge in [0.1, 0.15) is 0 Å². The second kappa shape index (κ2) is 8.64. The Morgan fingerprint density at radius 2 is 2.15 bits per heavy atom. The second-order valence-electron chi connectivity index (χ2n) is 2.90. The van der Waals surface area contributed by atoms with Gasteiger partial charge in [-0.3, -0.25) is 4.79 Å². The SMILES string of the molecule is CCCCC(Cl)CCC(=O)OCCl. The molecule has 0 rings (SSSR count). The minimum absolute atomic E-state index is 0.0687. The molecule has 2 nitrogen and oxygen atoms in total. The lowest BCUT2D eigenvalue weighted by atomic mass is 10.1. The van der Waals surface area contributed by atoms with E-state index in [0.717, 1.165) is 19.3 Å². The normalized spacial score (nSPS) is 12.5. The summed E-state index contributed by atoms with van der Waals surface area (Å²) in [5.74, 6) is -0.267. The van der Waals surface area contributed by atoms with Crippen molar-refractivity contribution in [3.8, 4) is 0 Å². The lowest BCUT2D eigenvalue weighted by Gasteiger charge is -2.07. The molecule has 0 fully saturated rings. The first-order valence-electron chi connectivity index (χ1n) is 4.56. The third-order valence-electron chi connectivity index (χ3n) is 1.75. The highest BCUT2D eigenvalue weighted by Crippen LogP contribution is 2.13. The van der Waals surface area contributed by atoms with Gasteiger partial charge in [-0.2, -0.15) is 0 Å².